The standard InChI is InChI=1S/C24H28O/c1-6-18(3)19-10-13-23(14-11-19)25-24(4,5)22-12-9-20-8-7-17(2)15-21(20)16-22/h7-16,18H,6H2,1-5H3. The molecule has 25 heavy (non-hydrogen) atoms. The van der Waals surface area contributed by atoms with Crippen molar-refractivity contribution < 1.29 is 4.74 Å². The number of fused-ring (bicyclic) bond motifs is 1. The number of ether oxygens (including phenoxy) is 1. The van der Waals surface area contributed by atoms with Gasteiger partial charge in [0.15, 0.2) is 0 Å². The van der Waals surface area contributed by atoms with Crippen LogP contribution in [0.2, 0.25) is 0 Å². The van der Waals surface area contributed by atoms with Gasteiger partial charge >= 0.3 is 0 Å². The van der Waals surface area contributed by atoms with E-state index in [1.165, 1.54) is 27.5 Å². The van der Waals surface area contributed by atoms with E-state index in [1.54, 1.807) is 0 Å². The van der Waals surface area contributed by atoms with Gasteiger partial charge in [0, 0.05) is 0 Å². The second-order valence-electron chi connectivity index (χ2n) is 7.56. The van der Waals surface area contributed by atoms with Gasteiger partial charge in [0.05, 0.1) is 0 Å². The van der Waals surface area contributed by atoms with E-state index < -0.39 is 0 Å². The number of hydrogen-bond donors (Lipinski definition) is 0. The summed E-state index contributed by atoms with van der Waals surface area (Å²) in [6, 6.07) is 21.7. The van der Waals surface area contributed by atoms with E-state index in [2.05, 4.69) is 95.3 Å². The van der Waals surface area contributed by atoms with Gasteiger partial charge in [0.1, 0.15) is 11.4 Å². The first-order valence-electron chi connectivity index (χ1n) is 9.19. The Labute approximate surface area is 151 Å². The molecule has 0 aliphatic heterocycles. The molecule has 1 nitrogen and oxygen atoms in total. The topological polar surface area (TPSA) is 9.23 Å². The third kappa shape index (κ3) is 3.87. The van der Waals surface area contributed by atoms with Crippen molar-refractivity contribution in [3.63, 3.8) is 0 Å². The number of rotatable bonds is 5. The van der Waals surface area contributed by atoms with Crippen LogP contribution in [0.3, 0.4) is 0 Å². The van der Waals surface area contributed by atoms with Crippen LogP contribution in [0.1, 0.15) is 56.7 Å². The summed E-state index contributed by atoms with van der Waals surface area (Å²) in [7, 11) is 0. The van der Waals surface area contributed by atoms with Crippen LogP contribution in [0.15, 0.2) is 60.7 Å². The average Bonchev–Trinajstić information content (AvgIpc) is 2.60. The summed E-state index contributed by atoms with van der Waals surface area (Å²) in [5.41, 5.74) is 3.46. The fourth-order valence-corrected chi connectivity index (χ4v) is 3.19. The molecule has 0 amide bonds. The van der Waals surface area contributed by atoms with E-state index in [0.29, 0.717) is 5.92 Å². The van der Waals surface area contributed by atoms with Crippen molar-refractivity contribution in [2.45, 2.75) is 52.6 Å². The van der Waals surface area contributed by atoms with Gasteiger partial charge in [-0.2, -0.15) is 0 Å². The average molecular weight is 332 g/mol. The maximum absolute atomic E-state index is 6.34. The van der Waals surface area contributed by atoms with Crippen molar-refractivity contribution >= 4 is 10.8 Å². The van der Waals surface area contributed by atoms with Crippen LogP contribution in [-0.2, 0) is 5.60 Å². The Morgan fingerprint density at radius 2 is 1.56 bits per heavy atom. The maximum atomic E-state index is 6.34. The minimum Gasteiger partial charge on any atom is -0.483 e. The normalized spacial score (nSPS) is 13.0. The molecule has 3 aromatic carbocycles. The summed E-state index contributed by atoms with van der Waals surface area (Å²) in [5, 5.41) is 2.53. The Morgan fingerprint density at radius 1 is 0.880 bits per heavy atom. The van der Waals surface area contributed by atoms with Gasteiger partial charge in [-0.3, -0.25) is 0 Å². The number of hydrogen-bond acceptors (Lipinski definition) is 1. The van der Waals surface area contributed by atoms with Crippen LogP contribution in [0.5, 0.6) is 5.75 Å². The first kappa shape index (κ1) is 17.5. The largest absolute Gasteiger partial charge is 0.483 e. The number of aryl methyl sites for hydroxylation is 1. The Balaban J connectivity index is 1.85. The third-order valence-electron chi connectivity index (χ3n) is 5.13. The molecule has 0 N–H and O–H groups in total. The van der Waals surface area contributed by atoms with Crippen molar-refractivity contribution in [2.24, 2.45) is 0 Å². The molecule has 0 saturated carbocycles. The molecule has 3 aromatic rings. The Bertz CT molecular complexity index is 859. The first-order valence-corrected chi connectivity index (χ1v) is 9.19. The van der Waals surface area contributed by atoms with Crippen LogP contribution >= 0.6 is 0 Å². The smallest absolute Gasteiger partial charge is 0.128 e. The van der Waals surface area contributed by atoms with Crippen molar-refractivity contribution in [1.29, 1.82) is 0 Å². The molecule has 0 aliphatic rings. The first-order chi connectivity index (χ1) is 11.9. The van der Waals surface area contributed by atoms with Crippen molar-refractivity contribution in [2.75, 3.05) is 0 Å². The summed E-state index contributed by atoms with van der Waals surface area (Å²) < 4.78 is 6.34. The van der Waals surface area contributed by atoms with Gasteiger partial charge in [-0.1, -0.05) is 61.9 Å². The molecular weight excluding hydrogens is 304 g/mol. The summed E-state index contributed by atoms with van der Waals surface area (Å²) in [6.07, 6.45) is 1.15. The minimum atomic E-state index is -0.379. The molecule has 3 rings (SSSR count). The Morgan fingerprint density at radius 3 is 2.24 bits per heavy atom. The van der Waals surface area contributed by atoms with Crippen molar-refractivity contribution in [3.8, 4) is 5.75 Å². The highest BCUT2D eigenvalue weighted by Gasteiger charge is 2.23. The van der Waals surface area contributed by atoms with E-state index in [4.69, 9.17) is 4.74 Å². The molecule has 130 valence electrons. The highest BCUT2D eigenvalue weighted by Crippen LogP contribution is 2.31. The molecule has 1 atom stereocenters. The van der Waals surface area contributed by atoms with E-state index in [9.17, 15) is 0 Å². The molecule has 0 aromatic heterocycles. The molecule has 0 bridgehead atoms. The van der Waals surface area contributed by atoms with E-state index in [-0.39, 0.29) is 5.60 Å². The molecule has 0 saturated heterocycles. The summed E-state index contributed by atoms with van der Waals surface area (Å²) in [4.78, 5) is 0. The van der Waals surface area contributed by atoms with Crippen LogP contribution in [0, 0.1) is 6.92 Å². The molecule has 1 heteroatoms. The van der Waals surface area contributed by atoms with Gasteiger partial charge in [-0.05, 0) is 73.2 Å². The monoisotopic (exact) mass is 332 g/mol. The number of benzene rings is 3. The van der Waals surface area contributed by atoms with Crippen LogP contribution in [-0.4, -0.2) is 0 Å². The molecule has 1 unspecified atom stereocenters. The van der Waals surface area contributed by atoms with E-state index in [1.807, 2.05) is 0 Å². The molecule has 0 fully saturated rings. The second-order valence-corrected chi connectivity index (χ2v) is 7.56. The molecule has 0 aliphatic carbocycles. The predicted octanol–water partition coefficient (Wildman–Crippen LogP) is 6.98. The molecule has 0 spiro atoms. The van der Waals surface area contributed by atoms with Gasteiger partial charge < -0.3 is 4.74 Å². The molecule has 0 radical (unpaired) electrons. The lowest BCUT2D eigenvalue weighted by Crippen LogP contribution is -2.25. The lowest BCUT2D eigenvalue weighted by molar-refractivity contribution is 0.109. The lowest BCUT2D eigenvalue weighted by atomic mass is 9.94. The summed E-state index contributed by atoms with van der Waals surface area (Å²) in [6.45, 7) is 10.9. The third-order valence-corrected chi connectivity index (χ3v) is 5.13. The SMILES string of the molecule is CCC(C)c1ccc(OC(C)(C)c2ccc3ccc(C)cc3c2)cc1. The zero-order valence-corrected chi connectivity index (χ0v) is 16.0. The van der Waals surface area contributed by atoms with E-state index >= 15 is 0 Å². The zero-order chi connectivity index (χ0) is 18.0. The second kappa shape index (κ2) is 6.92. The van der Waals surface area contributed by atoms with Gasteiger partial charge in [-0.25, -0.2) is 0 Å². The fourth-order valence-electron chi connectivity index (χ4n) is 3.19. The van der Waals surface area contributed by atoms with Crippen molar-refractivity contribution in [1.82, 2.24) is 0 Å². The fraction of sp³-hybridized carbons (Fsp3) is 0.333. The van der Waals surface area contributed by atoms with Crippen LogP contribution in [0.4, 0.5) is 0 Å². The Kier molecular flexibility index (Phi) is 4.85. The zero-order valence-electron chi connectivity index (χ0n) is 16.0. The Hall–Kier alpha value is -2.28. The van der Waals surface area contributed by atoms with Crippen LogP contribution in [0.25, 0.3) is 10.8 Å². The maximum Gasteiger partial charge on any atom is 0.128 e. The predicted molar refractivity (Wildman–Crippen MR) is 107 cm³/mol. The van der Waals surface area contributed by atoms with Gasteiger partial charge in [0.25, 0.3) is 0 Å². The highest BCUT2D eigenvalue weighted by molar-refractivity contribution is 5.84. The van der Waals surface area contributed by atoms with E-state index in [0.717, 1.165) is 12.2 Å². The van der Waals surface area contributed by atoms with Gasteiger partial charge in [-0.15, -0.1) is 0 Å². The van der Waals surface area contributed by atoms with Crippen molar-refractivity contribution in [3.05, 3.63) is 77.4 Å². The summed E-state index contributed by atoms with van der Waals surface area (Å²) >= 11 is 0. The summed E-state index contributed by atoms with van der Waals surface area (Å²) in [5.74, 6) is 1.51. The molecular formula is C24H28O. The lowest BCUT2D eigenvalue weighted by Gasteiger charge is -2.27. The van der Waals surface area contributed by atoms with Crippen LogP contribution < -0.4 is 4.74 Å². The minimum absolute atomic E-state index is 0.379. The van der Waals surface area contributed by atoms with Gasteiger partial charge in [0.2, 0.25) is 0 Å². The highest BCUT2D eigenvalue weighted by atomic mass is 16.5. The quantitative estimate of drug-likeness (QED) is 0.490. The molecule has 0 heterocycles.